The molecule has 0 unspecified atom stereocenters. The molecule has 0 radical (unpaired) electrons. The number of hydrogen-bond acceptors (Lipinski definition) is 6. The van der Waals surface area contributed by atoms with Crippen molar-refractivity contribution in [3.05, 3.63) is 59.5 Å². The number of carbonyl (C=O) groups excluding carboxylic acids is 2. The molecular formula is C21H22N6O3. The largest absolute Gasteiger partial charge is 0.394 e. The number of hydrogen-bond donors (Lipinski definition) is 2. The Balaban J connectivity index is 1.77. The highest BCUT2D eigenvalue weighted by atomic mass is 16.3. The highest BCUT2D eigenvalue weighted by Crippen LogP contribution is 2.29. The van der Waals surface area contributed by atoms with E-state index in [9.17, 15) is 14.7 Å². The molecule has 1 aliphatic heterocycles. The van der Waals surface area contributed by atoms with Crippen molar-refractivity contribution in [3.63, 3.8) is 0 Å². The first-order valence-corrected chi connectivity index (χ1v) is 9.49. The fourth-order valence-electron chi connectivity index (χ4n) is 3.21. The summed E-state index contributed by atoms with van der Waals surface area (Å²) in [7, 11) is 1.77. The van der Waals surface area contributed by atoms with Gasteiger partial charge in [0.25, 0.3) is 11.8 Å². The van der Waals surface area contributed by atoms with Crippen LogP contribution in [0.5, 0.6) is 0 Å². The second kappa shape index (κ2) is 7.34. The van der Waals surface area contributed by atoms with Crippen molar-refractivity contribution in [1.29, 1.82) is 0 Å². The van der Waals surface area contributed by atoms with Crippen molar-refractivity contribution >= 4 is 17.6 Å². The molecule has 2 amide bonds. The molecule has 2 N–H and O–H groups in total. The minimum Gasteiger partial charge on any atom is -0.394 e. The molecule has 0 atom stereocenters. The third-order valence-electron chi connectivity index (χ3n) is 4.85. The monoisotopic (exact) mass is 406 g/mol. The average molecular weight is 406 g/mol. The number of aliphatic hydroxyl groups excluding tert-OH is 1. The number of amides is 2. The van der Waals surface area contributed by atoms with E-state index in [-0.39, 0.29) is 24.0 Å². The number of nitrogens with zero attached hydrogens (tertiary/aromatic N) is 5. The fraction of sp³-hybridized carbons (Fsp3) is 0.286. The summed E-state index contributed by atoms with van der Waals surface area (Å²) in [4.78, 5) is 36.2. The van der Waals surface area contributed by atoms with Gasteiger partial charge in [0.2, 0.25) is 0 Å². The van der Waals surface area contributed by atoms with Gasteiger partial charge in [-0.25, -0.2) is 9.97 Å². The molecule has 0 spiro atoms. The molecule has 30 heavy (non-hydrogen) atoms. The molecule has 0 fully saturated rings. The van der Waals surface area contributed by atoms with Crippen LogP contribution < -0.4 is 10.2 Å². The van der Waals surface area contributed by atoms with Crippen LogP contribution in [0.3, 0.4) is 0 Å². The quantitative estimate of drug-likeness (QED) is 0.665. The molecule has 3 heterocycles. The standard InChI is InChI=1S/C21H22N6O3/c1-21(2,12-28)25-19(29)16-8-17(24-18(23-16)14-9-22-26(3)10-14)27-11-13-6-4-5-7-15(13)20(27)30/h4-10,28H,11-12H2,1-3H3,(H,25,29). The predicted octanol–water partition coefficient (Wildman–Crippen LogP) is 1.54. The Kier molecular flexibility index (Phi) is 4.83. The normalized spacial score (nSPS) is 13.5. The number of benzene rings is 1. The van der Waals surface area contributed by atoms with Crippen LogP contribution in [0.1, 0.15) is 40.3 Å². The Labute approximate surface area is 173 Å². The summed E-state index contributed by atoms with van der Waals surface area (Å²) in [6, 6.07) is 8.86. The van der Waals surface area contributed by atoms with Crippen molar-refractivity contribution in [1.82, 2.24) is 25.1 Å². The molecule has 0 aliphatic carbocycles. The number of aryl methyl sites for hydroxylation is 1. The van der Waals surface area contributed by atoms with Gasteiger partial charge in [-0.1, -0.05) is 18.2 Å². The second-order valence-corrected chi connectivity index (χ2v) is 7.88. The number of fused-ring (bicyclic) bond motifs is 1. The van der Waals surface area contributed by atoms with Crippen LogP contribution in [0.4, 0.5) is 5.82 Å². The van der Waals surface area contributed by atoms with Crippen molar-refractivity contribution in [3.8, 4) is 11.4 Å². The summed E-state index contributed by atoms with van der Waals surface area (Å²) in [5, 5.41) is 16.4. The minimum absolute atomic E-state index is 0.101. The van der Waals surface area contributed by atoms with Crippen LogP contribution in [-0.2, 0) is 13.6 Å². The Morgan fingerprint density at radius 3 is 2.70 bits per heavy atom. The maximum absolute atomic E-state index is 12.9. The van der Waals surface area contributed by atoms with Crippen LogP contribution in [0.15, 0.2) is 42.7 Å². The van der Waals surface area contributed by atoms with E-state index in [0.29, 0.717) is 23.5 Å². The fourth-order valence-corrected chi connectivity index (χ4v) is 3.21. The van der Waals surface area contributed by atoms with E-state index in [4.69, 9.17) is 0 Å². The molecule has 154 valence electrons. The Hall–Kier alpha value is -3.59. The van der Waals surface area contributed by atoms with E-state index in [1.54, 1.807) is 44.0 Å². The molecule has 9 nitrogen and oxygen atoms in total. The zero-order chi connectivity index (χ0) is 21.5. The van der Waals surface area contributed by atoms with Gasteiger partial charge in [0.15, 0.2) is 5.82 Å². The summed E-state index contributed by atoms with van der Waals surface area (Å²) in [5.74, 6) is -0.0243. The number of aliphatic hydroxyl groups is 1. The number of rotatable bonds is 5. The summed E-state index contributed by atoms with van der Waals surface area (Å²) >= 11 is 0. The first-order valence-electron chi connectivity index (χ1n) is 9.49. The molecule has 0 saturated heterocycles. The van der Waals surface area contributed by atoms with Crippen LogP contribution in [0, 0.1) is 0 Å². The van der Waals surface area contributed by atoms with Crippen LogP contribution in [-0.4, -0.2) is 48.8 Å². The number of anilines is 1. The minimum atomic E-state index is -0.823. The summed E-state index contributed by atoms with van der Waals surface area (Å²) in [5.41, 5.74) is 1.42. The number of nitrogens with one attached hydrogen (secondary N) is 1. The second-order valence-electron chi connectivity index (χ2n) is 7.88. The molecular weight excluding hydrogens is 384 g/mol. The Morgan fingerprint density at radius 1 is 1.27 bits per heavy atom. The van der Waals surface area contributed by atoms with Gasteiger partial charge in [-0.3, -0.25) is 19.2 Å². The maximum Gasteiger partial charge on any atom is 0.270 e. The van der Waals surface area contributed by atoms with Crippen LogP contribution in [0.2, 0.25) is 0 Å². The third-order valence-corrected chi connectivity index (χ3v) is 4.85. The van der Waals surface area contributed by atoms with E-state index in [2.05, 4.69) is 20.4 Å². The van der Waals surface area contributed by atoms with Crippen LogP contribution in [0.25, 0.3) is 11.4 Å². The van der Waals surface area contributed by atoms with Gasteiger partial charge in [-0.2, -0.15) is 5.10 Å². The first kappa shape index (κ1) is 19.7. The van der Waals surface area contributed by atoms with Crippen molar-refractivity contribution < 1.29 is 14.7 Å². The van der Waals surface area contributed by atoms with Gasteiger partial charge >= 0.3 is 0 Å². The molecule has 0 bridgehead atoms. The first-order chi connectivity index (χ1) is 14.3. The van der Waals surface area contributed by atoms with E-state index in [0.717, 1.165) is 5.56 Å². The highest BCUT2D eigenvalue weighted by molar-refractivity contribution is 6.10. The molecule has 3 aromatic rings. The maximum atomic E-state index is 12.9. The van der Waals surface area contributed by atoms with Gasteiger partial charge in [0.05, 0.1) is 30.5 Å². The van der Waals surface area contributed by atoms with Crippen molar-refractivity contribution in [2.45, 2.75) is 25.9 Å². The molecule has 9 heteroatoms. The van der Waals surface area contributed by atoms with Crippen LogP contribution >= 0.6 is 0 Å². The van der Waals surface area contributed by atoms with Gasteiger partial charge in [-0.05, 0) is 25.5 Å². The number of aromatic nitrogens is 4. The van der Waals surface area contributed by atoms with Crippen molar-refractivity contribution in [2.75, 3.05) is 11.5 Å². The molecule has 1 aromatic carbocycles. The van der Waals surface area contributed by atoms with Crippen molar-refractivity contribution in [2.24, 2.45) is 7.05 Å². The third kappa shape index (κ3) is 3.67. The lowest BCUT2D eigenvalue weighted by Gasteiger charge is -2.23. The van der Waals surface area contributed by atoms with E-state index in [1.165, 1.54) is 11.0 Å². The van der Waals surface area contributed by atoms with Gasteiger partial charge in [0.1, 0.15) is 11.5 Å². The SMILES string of the molecule is Cn1cc(-c2nc(C(=O)NC(C)(C)CO)cc(N3Cc4ccccc4C3=O)n2)cn1. The molecule has 2 aromatic heterocycles. The average Bonchev–Trinajstić information content (AvgIpc) is 3.31. The van der Waals surface area contributed by atoms with Gasteiger partial charge in [0, 0.05) is 24.9 Å². The smallest absolute Gasteiger partial charge is 0.270 e. The van der Waals surface area contributed by atoms with Gasteiger partial charge < -0.3 is 10.4 Å². The topological polar surface area (TPSA) is 113 Å². The molecule has 0 saturated carbocycles. The van der Waals surface area contributed by atoms with Gasteiger partial charge in [-0.15, -0.1) is 0 Å². The lowest BCUT2D eigenvalue weighted by atomic mass is 10.1. The summed E-state index contributed by atoms with van der Waals surface area (Å²) in [6.45, 7) is 3.54. The van der Waals surface area contributed by atoms with E-state index in [1.807, 2.05) is 18.2 Å². The highest BCUT2D eigenvalue weighted by Gasteiger charge is 2.31. The van der Waals surface area contributed by atoms with E-state index < -0.39 is 11.4 Å². The molecule has 1 aliphatic rings. The predicted molar refractivity (Wildman–Crippen MR) is 110 cm³/mol. The molecule has 4 rings (SSSR count). The zero-order valence-electron chi connectivity index (χ0n) is 17.0. The van der Waals surface area contributed by atoms with E-state index >= 15 is 0 Å². The lowest BCUT2D eigenvalue weighted by Crippen LogP contribution is -2.46. The zero-order valence-corrected chi connectivity index (χ0v) is 17.0. The number of carbonyl (C=O) groups is 2. The lowest BCUT2D eigenvalue weighted by molar-refractivity contribution is 0.0863. The summed E-state index contributed by atoms with van der Waals surface area (Å²) < 4.78 is 1.61. The Morgan fingerprint density at radius 2 is 2.03 bits per heavy atom. The Bertz CT molecular complexity index is 1140. The summed E-state index contributed by atoms with van der Waals surface area (Å²) in [6.07, 6.45) is 3.33.